The molecule has 3 fully saturated rings. The van der Waals surface area contributed by atoms with Crippen LogP contribution in [0.15, 0.2) is 0 Å². The number of carbonyl (C=O) groups is 1. The van der Waals surface area contributed by atoms with Crippen LogP contribution >= 0.6 is 24.8 Å². The minimum Gasteiger partial charge on any atom is -0.381 e. The first-order valence-electron chi connectivity index (χ1n) is 9.07. The molecule has 2 saturated heterocycles. The largest absolute Gasteiger partial charge is 0.381 e. The van der Waals surface area contributed by atoms with E-state index in [1.54, 1.807) is 0 Å². The monoisotopic (exact) mass is 381 g/mol. The van der Waals surface area contributed by atoms with Crippen molar-refractivity contribution in [2.75, 3.05) is 52.5 Å². The molecule has 1 amide bonds. The Balaban J connectivity index is 0.00000144. The van der Waals surface area contributed by atoms with Crippen molar-refractivity contribution in [2.45, 2.75) is 32.1 Å². The molecule has 2 atom stereocenters. The number of nitrogens with zero attached hydrogens (tertiary/aromatic N) is 2. The number of ether oxygens (including phenoxy) is 1. The molecule has 0 spiro atoms. The molecule has 24 heavy (non-hydrogen) atoms. The van der Waals surface area contributed by atoms with Gasteiger partial charge >= 0.3 is 0 Å². The molecular formula is C17H33Cl2N3O2. The number of halogens is 2. The molecule has 7 heteroatoms. The van der Waals surface area contributed by atoms with Gasteiger partial charge in [-0.2, -0.15) is 0 Å². The highest BCUT2D eigenvalue weighted by molar-refractivity contribution is 5.85. The van der Waals surface area contributed by atoms with Gasteiger partial charge in [0.2, 0.25) is 5.91 Å². The SMILES string of the molecule is Cl.Cl.NC[C@H]1CCC[C@H]1C(=O)N1CCN(CC2CCOCC2)CC1. The normalized spacial score (nSPS) is 29.0. The van der Waals surface area contributed by atoms with Gasteiger partial charge in [0.15, 0.2) is 0 Å². The molecule has 3 rings (SSSR count). The van der Waals surface area contributed by atoms with E-state index in [0.29, 0.717) is 18.4 Å². The van der Waals surface area contributed by atoms with E-state index in [9.17, 15) is 4.79 Å². The van der Waals surface area contributed by atoms with Crippen LogP contribution in [0.5, 0.6) is 0 Å². The number of rotatable bonds is 4. The molecule has 0 unspecified atom stereocenters. The Morgan fingerprint density at radius 2 is 1.67 bits per heavy atom. The molecule has 1 aliphatic carbocycles. The highest BCUT2D eigenvalue weighted by atomic mass is 35.5. The summed E-state index contributed by atoms with van der Waals surface area (Å²) in [7, 11) is 0. The zero-order valence-corrected chi connectivity index (χ0v) is 16.2. The van der Waals surface area contributed by atoms with E-state index in [0.717, 1.165) is 58.2 Å². The Kier molecular flexibility index (Phi) is 9.90. The van der Waals surface area contributed by atoms with Crippen LogP contribution in [0.1, 0.15) is 32.1 Å². The van der Waals surface area contributed by atoms with Gasteiger partial charge in [-0.05, 0) is 44.1 Å². The molecule has 0 aromatic rings. The first-order valence-corrected chi connectivity index (χ1v) is 9.07. The lowest BCUT2D eigenvalue weighted by atomic mass is 9.94. The Labute approximate surface area is 158 Å². The molecule has 1 saturated carbocycles. The van der Waals surface area contributed by atoms with Crippen LogP contribution in [0.25, 0.3) is 0 Å². The molecule has 142 valence electrons. The topological polar surface area (TPSA) is 58.8 Å². The van der Waals surface area contributed by atoms with Gasteiger partial charge in [-0.25, -0.2) is 0 Å². The van der Waals surface area contributed by atoms with Crippen molar-refractivity contribution in [3.8, 4) is 0 Å². The number of amides is 1. The van der Waals surface area contributed by atoms with Gasteiger partial charge in [-0.15, -0.1) is 24.8 Å². The lowest BCUT2D eigenvalue weighted by Gasteiger charge is -2.38. The molecule has 2 N–H and O–H groups in total. The number of piperazine rings is 1. The minimum atomic E-state index is 0. The number of carbonyl (C=O) groups excluding carboxylic acids is 1. The third-order valence-electron chi connectivity index (χ3n) is 5.82. The molecule has 0 bridgehead atoms. The fraction of sp³-hybridized carbons (Fsp3) is 0.941. The van der Waals surface area contributed by atoms with Crippen molar-refractivity contribution < 1.29 is 9.53 Å². The molecular weight excluding hydrogens is 349 g/mol. The van der Waals surface area contributed by atoms with Gasteiger partial charge < -0.3 is 15.4 Å². The maximum absolute atomic E-state index is 12.7. The molecule has 2 aliphatic heterocycles. The second-order valence-electron chi connectivity index (χ2n) is 7.21. The van der Waals surface area contributed by atoms with Crippen molar-refractivity contribution in [2.24, 2.45) is 23.5 Å². The Morgan fingerprint density at radius 1 is 1.00 bits per heavy atom. The maximum atomic E-state index is 12.7. The van der Waals surface area contributed by atoms with Crippen molar-refractivity contribution in [3.63, 3.8) is 0 Å². The first-order chi connectivity index (χ1) is 10.8. The van der Waals surface area contributed by atoms with E-state index in [-0.39, 0.29) is 30.7 Å². The fourth-order valence-electron chi connectivity index (χ4n) is 4.32. The van der Waals surface area contributed by atoms with Crippen molar-refractivity contribution >= 4 is 30.7 Å². The zero-order valence-electron chi connectivity index (χ0n) is 14.5. The first kappa shape index (κ1) is 22.0. The summed E-state index contributed by atoms with van der Waals surface area (Å²) in [6.45, 7) is 7.55. The molecule has 0 aromatic heterocycles. The number of hydrogen-bond acceptors (Lipinski definition) is 4. The van der Waals surface area contributed by atoms with Gasteiger partial charge in [0.25, 0.3) is 0 Å². The van der Waals surface area contributed by atoms with Gasteiger partial charge in [-0.3, -0.25) is 9.69 Å². The lowest BCUT2D eigenvalue weighted by Crippen LogP contribution is -2.52. The zero-order chi connectivity index (χ0) is 15.4. The molecule has 2 heterocycles. The summed E-state index contributed by atoms with van der Waals surface area (Å²) in [5.74, 6) is 1.78. The summed E-state index contributed by atoms with van der Waals surface area (Å²) >= 11 is 0. The Hall–Kier alpha value is -0.0700. The van der Waals surface area contributed by atoms with Crippen molar-refractivity contribution in [1.29, 1.82) is 0 Å². The molecule has 0 aromatic carbocycles. The predicted octanol–water partition coefficient (Wildman–Crippen LogP) is 1.78. The third kappa shape index (κ3) is 5.46. The average molecular weight is 382 g/mol. The van der Waals surface area contributed by atoms with Crippen LogP contribution in [-0.4, -0.2) is 68.2 Å². The summed E-state index contributed by atoms with van der Waals surface area (Å²) < 4.78 is 5.43. The molecule has 5 nitrogen and oxygen atoms in total. The van der Waals surface area contributed by atoms with Crippen molar-refractivity contribution in [1.82, 2.24) is 9.80 Å². The quantitative estimate of drug-likeness (QED) is 0.805. The summed E-state index contributed by atoms with van der Waals surface area (Å²) in [4.78, 5) is 17.3. The van der Waals surface area contributed by atoms with E-state index in [1.165, 1.54) is 25.8 Å². The van der Waals surface area contributed by atoms with Crippen LogP contribution < -0.4 is 5.73 Å². The summed E-state index contributed by atoms with van der Waals surface area (Å²) in [5.41, 5.74) is 5.83. The van der Waals surface area contributed by atoms with Gasteiger partial charge in [-0.1, -0.05) is 6.42 Å². The van der Waals surface area contributed by atoms with E-state index >= 15 is 0 Å². The number of nitrogens with two attached hydrogens (primary N) is 1. The Bertz CT molecular complexity index is 373. The van der Waals surface area contributed by atoms with Gasteiger partial charge in [0.1, 0.15) is 0 Å². The van der Waals surface area contributed by atoms with Gasteiger partial charge in [0, 0.05) is 51.9 Å². The molecule has 3 aliphatic rings. The van der Waals surface area contributed by atoms with Crippen LogP contribution in [0.3, 0.4) is 0 Å². The maximum Gasteiger partial charge on any atom is 0.226 e. The van der Waals surface area contributed by atoms with E-state index in [4.69, 9.17) is 10.5 Å². The summed E-state index contributed by atoms with van der Waals surface area (Å²) in [6.07, 6.45) is 5.74. The summed E-state index contributed by atoms with van der Waals surface area (Å²) in [6, 6.07) is 0. The Morgan fingerprint density at radius 3 is 2.29 bits per heavy atom. The average Bonchev–Trinajstić information content (AvgIpc) is 3.04. The molecule has 0 radical (unpaired) electrons. The highest BCUT2D eigenvalue weighted by Gasteiger charge is 2.35. The van der Waals surface area contributed by atoms with Crippen LogP contribution in [-0.2, 0) is 9.53 Å². The minimum absolute atomic E-state index is 0. The summed E-state index contributed by atoms with van der Waals surface area (Å²) in [5, 5.41) is 0. The van der Waals surface area contributed by atoms with E-state index in [1.807, 2.05) is 0 Å². The smallest absolute Gasteiger partial charge is 0.226 e. The standard InChI is InChI=1S/C17H31N3O2.2ClH/c18-12-15-2-1-3-16(15)17(21)20-8-6-19(7-9-20)13-14-4-10-22-11-5-14;;/h14-16H,1-13,18H2;2*1H/t15-,16-;;/m1../s1. The number of hydrogen-bond donors (Lipinski definition) is 1. The van der Waals surface area contributed by atoms with Crippen LogP contribution in [0.4, 0.5) is 0 Å². The predicted molar refractivity (Wildman–Crippen MR) is 101 cm³/mol. The lowest BCUT2D eigenvalue weighted by molar-refractivity contribution is -0.138. The van der Waals surface area contributed by atoms with Gasteiger partial charge in [0.05, 0.1) is 0 Å². The van der Waals surface area contributed by atoms with E-state index in [2.05, 4.69) is 9.80 Å². The highest BCUT2D eigenvalue weighted by Crippen LogP contribution is 2.32. The van der Waals surface area contributed by atoms with E-state index < -0.39 is 0 Å². The second-order valence-corrected chi connectivity index (χ2v) is 7.21. The van der Waals surface area contributed by atoms with Crippen molar-refractivity contribution in [3.05, 3.63) is 0 Å². The van der Waals surface area contributed by atoms with Crippen LogP contribution in [0, 0.1) is 17.8 Å². The van der Waals surface area contributed by atoms with Crippen LogP contribution in [0.2, 0.25) is 0 Å². The second kappa shape index (κ2) is 10.8. The fourth-order valence-corrected chi connectivity index (χ4v) is 4.32. The third-order valence-corrected chi connectivity index (χ3v) is 5.82.